The van der Waals surface area contributed by atoms with Crippen molar-refractivity contribution in [2.45, 2.75) is 77.9 Å². The molecule has 1 aromatic rings. The Kier molecular flexibility index (Phi) is 4.55. The van der Waals surface area contributed by atoms with E-state index >= 15 is 0 Å². The van der Waals surface area contributed by atoms with Gasteiger partial charge in [-0.2, -0.15) is 5.10 Å². The minimum Gasteiger partial charge on any atom is -0.394 e. The summed E-state index contributed by atoms with van der Waals surface area (Å²) in [6.45, 7) is 11.0. The Labute approximate surface area is 122 Å². The van der Waals surface area contributed by atoms with Gasteiger partial charge in [-0.25, -0.2) is 0 Å². The van der Waals surface area contributed by atoms with E-state index in [1.807, 2.05) is 0 Å². The van der Waals surface area contributed by atoms with Crippen molar-refractivity contribution < 1.29 is 5.11 Å². The minimum atomic E-state index is -0.127. The molecule has 1 saturated carbocycles. The highest BCUT2D eigenvalue weighted by Crippen LogP contribution is 2.38. The summed E-state index contributed by atoms with van der Waals surface area (Å²) in [6.07, 6.45) is 4.12. The summed E-state index contributed by atoms with van der Waals surface area (Å²) in [5, 5.41) is 18.1. The molecular formula is C16H29N3O. The summed E-state index contributed by atoms with van der Waals surface area (Å²) in [6, 6.07) is 0.806. The quantitative estimate of drug-likeness (QED) is 0.871. The number of aromatic nitrogens is 2. The van der Waals surface area contributed by atoms with Gasteiger partial charge in [-0.15, -0.1) is 0 Å². The topological polar surface area (TPSA) is 50.1 Å². The molecule has 1 heterocycles. The molecule has 0 radical (unpaired) electrons. The first-order valence-corrected chi connectivity index (χ1v) is 7.85. The number of aliphatic hydroxyl groups is 1. The Morgan fingerprint density at radius 2 is 2.15 bits per heavy atom. The minimum absolute atomic E-state index is 0.127. The molecule has 0 spiro atoms. The van der Waals surface area contributed by atoms with Crippen LogP contribution in [0.2, 0.25) is 0 Å². The average Bonchev–Trinajstić information content (AvgIpc) is 2.91. The van der Waals surface area contributed by atoms with E-state index in [1.54, 1.807) is 0 Å². The highest BCUT2D eigenvalue weighted by atomic mass is 16.3. The molecule has 0 amide bonds. The lowest BCUT2D eigenvalue weighted by molar-refractivity contribution is 0.151. The van der Waals surface area contributed by atoms with E-state index in [4.69, 9.17) is 5.10 Å². The molecule has 2 atom stereocenters. The molecule has 2 N–H and O–H groups in total. The molecule has 0 aromatic carbocycles. The first-order valence-electron chi connectivity index (χ1n) is 7.85. The van der Waals surface area contributed by atoms with Gasteiger partial charge in [0.25, 0.3) is 0 Å². The van der Waals surface area contributed by atoms with Crippen molar-refractivity contribution in [2.75, 3.05) is 6.61 Å². The summed E-state index contributed by atoms with van der Waals surface area (Å²) in [4.78, 5) is 0. The second kappa shape index (κ2) is 5.86. The maximum atomic E-state index is 9.81. The van der Waals surface area contributed by atoms with Crippen LogP contribution >= 0.6 is 0 Å². The van der Waals surface area contributed by atoms with Gasteiger partial charge in [-0.3, -0.25) is 4.68 Å². The maximum Gasteiger partial charge on any atom is 0.0628 e. The Morgan fingerprint density at radius 1 is 1.45 bits per heavy atom. The standard InChI is InChI=1S/C16H29N3O/c1-6-15-12(4)18-19(13(15)5)14-7-8-16(9-14,10-20)17-11(2)3/h11,14,17,20H,6-10H2,1-5H3. The molecule has 0 bridgehead atoms. The van der Waals surface area contributed by atoms with Gasteiger partial charge in [0.05, 0.1) is 18.3 Å². The van der Waals surface area contributed by atoms with Crippen LogP contribution in [0.4, 0.5) is 0 Å². The fourth-order valence-corrected chi connectivity index (χ4v) is 3.80. The average molecular weight is 279 g/mol. The third kappa shape index (κ3) is 2.77. The van der Waals surface area contributed by atoms with Gasteiger partial charge >= 0.3 is 0 Å². The molecule has 2 rings (SSSR count). The second-order valence-electron chi connectivity index (χ2n) is 6.58. The van der Waals surface area contributed by atoms with Crippen LogP contribution in [0, 0.1) is 13.8 Å². The number of hydrogen-bond donors (Lipinski definition) is 2. The second-order valence-corrected chi connectivity index (χ2v) is 6.58. The summed E-state index contributed by atoms with van der Waals surface area (Å²) in [7, 11) is 0. The lowest BCUT2D eigenvalue weighted by Crippen LogP contribution is -2.49. The third-order valence-electron chi connectivity index (χ3n) is 4.65. The fraction of sp³-hybridized carbons (Fsp3) is 0.812. The van der Waals surface area contributed by atoms with Crippen LogP contribution in [-0.2, 0) is 6.42 Å². The van der Waals surface area contributed by atoms with Crippen molar-refractivity contribution in [1.82, 2.24) is 15.1 Å². The van der Waals surface area contributed by atoms with E-state index in [1.165, 1.54) is 11.3 Å². The predicted octanol–water partition coefficient (Wildman–Crippen LogP) is 2.52. The number of aliphatic hydroxyl groups excluding tert-OH is 1. The summed E-state index contributed by atoms with van der Waals surface area (Å²) >= 11 is 0. The first kappa shape index (κ1) is 15.5. The summed E-state index contributed by atoms with van der Waals surface area (Å²) < 4.78 is 2.20. The van der Waals surface area contributed by atoms with Crippen LogP contribution in [-0.4, -0.2) is 33.1 Å². The Bertz CT molecular complexity index is 467. The maximum absolute atomic E-state index is 9.81. The third-order valence-corrected chi connectivity index (χ3v) is 4.65. The van der Waals surface area contributed by atoms with E-state index in [9.17, 15) is 5.11 Å². The molecule has 0 aliphatic heterocycles. The van der Waals surface area contributed by atoms with Crippen LogP contribution in [0.3, 0.4) is 0 Å². The molecule has 1 aliphatic rings. The molecule has 0 saturated heterocycles. The van der Waals surface area contributed by atoms with E-state index in [0.717, 1.165) is 31.4 Å². The van der Waals surface area contributed by atoms with Gasteiger partial charge in [0.15, 0.2) is 0 Å². The van der Waals surface area contributed by atoms with Crippen molar-refractivity contribution in [2.24, 2.45) is 0 Å². The van der Waals surface area contributed by atoms with Crippen molar-refractivity contribution in [3.8, 4) is 0 Å². The molecule has 1 aromatic heterocycles. The Balaban J connectivity index is 2.20. The van der Waals surface area contributed by atoms with Crippen molar-refractivity contribution in [3.63, 3.8) is 0 Å². The van der Waals surface area contributed by atoms with E-state index in [0.29, 0.717) is 12.1 Å². The lowest BCUT2D eigenvalue weighted by Gasteiger charge is -2.31. The van der Waals surface area contributed by atoms with E-state index in [-0.39, 0.29) is 12.1 Å². The zero-order valence-corrected chi connectivity index (χ0v) is 13.5. The van der Waals surface area contributed by atoms with Gasteiger partial charge in [0.2, 0.25) is 0 Å². The smallest absolute Gasteiger partial charge is 0.0628 e. The van der Waals surface area contributed by atoms with E-state index in [2.05, 4.69) is 44.6 Å². The van der Waals surface area contributed by atoms with Crippen LogP contribution in [0.25, 0.3) is 0 Å². The van der Waals surface area contributed by atoms with Gasteiger partial charge in [-0.05, 0) is 45.1 Å². The van der Waals surface area contributed by atoms with Gasteiger partial charge in [-0.1, -0.05) is 20.8 Å². The zero-order chi connectivity index (χ0) is 14.9. The number of hydrogen-bond acceptors (Lipinski definition) is 3. The SMILES string of the molecule is CCc1c(C)nn(C2CCC(CO)(NC(C)C)C2)c1C. The molecule has 2 unspecified atom stereocenters. The lowest BCUT2D eigenvalue weighted by atomic mass is 9.97. The van der Waals surface area contributed by atoms with Crippen molar-refractivity contribution in [1.29, 1.82) is 0 Å². The van der Waals surface area contributed by atoms with Crippen LogP contribution in [0.5, 0.6) is 0 Å². The van der Waals surface area contributed by atoms with Crippen molar-refractivity contribution in [3.05, 3.63) is 17.0 Å². The highest BCUT2D eigenvalue weighted by Gasteiger charge is 2.40. The van der Waals surface area contributed by atoms with Crippen LogP contribution in [0.1, 0.15) is 63.0 Å². The number of nitrogens with one attached hydrogen (secondary N) is 1. The Morgan fingerprint density at radius 3 is 2.65 bits per heavy atom. The fourth-order valence-electron chi connectivity index (χ4n) is 3.80. The number of aryl methyl sites for hydroxylation is 1. The molecule has 20 heavy (non-hydrogen) atoms. The number of rotatable bonds is 5. The highest BCUT2D eigenvalue weighted by molar-refractivity contribution is 5.25. The summed E-state index contributed by atoms with van der Waals surface area (Å²) in [5.74, 6) is 0. The summed E-state index contributed by atoms with van der Waals surface area (Å²) in [5.41, 5.74) is 3.71. The van der Waals surface area contributed by atoms with Gasteiger partial charge in [0.1, 0.15) is 0 Å². The Hall–Kier alpha value is -0.870. The van der Waals surface area contributed by atoms with Gasteiger partial charge in [0, 0.05) is 17.3 Å². The molecule has 1 fully saturated rings. The zero-order valence-electron chi connectivity index (χ0n) is 13.5. The van der Waals surface area contributed by atoms with Crippen LogP contribution in [0.15, 0.2) is 0 Å². The monoisotopic (exact) mass is 279 g/mol. The molecule has 4 nitrogen and oxygen atoms in total. The predicted molar refractivity (Wildman–Crippen MR) is 82.1 cm³/mol. The largest absolute Gasteiger partial charge is 0.394 e. The van der Waals surface area contributed by atoms with Gasteiger partial charge < -0.3 is 10.4 Å². The molecule has 4 heteroatoms. The van der Waals surface area contributed by atoms with E-state index < -0.39 is 0 Å². The molecule has 114 valence electrons. The molecule has 1 aliphatic carbocycles. The van der Waals surface area contributed by atoms with Crippen LogP contribution < -0.4 is 5.32 Å². The molecular weight excluding hydrogens is 250 g/mol. The number of nitrogens with zero attached hydrogens (tertiary/aromatic N) is 2. The first-order chi connectivity index (χ1) is 9.42. The van der Waals surface area contributed by atoms with Crippen molar-refractivity contribution >= 4 is 0 Å². The normalized spacial score (nSPS) is 26.6.